The van der Waals surface area contributed by atoms with Gasteiger partial charge in [-0.05, 0) is 80.5 Å². The number of rotatable bonds is 5. The molecule has 0 aromatic heterocycles. The molecule has 0 radical (unpaired) electrons. The molecule has 2 aromatic carbocycles. The van der Waals surface area contributed by atoms with Gasteiger partial charge in [-0.2, -0.15) is 0 Å². The largest absolute Gasteiger partial charge is 0.495 e. The number of hydrogen-bond donors (Lipinski definition) is 2. The molecule has 0 spiro atoms. The molecule has 1 saturated heterocycles. The standard InChI is InChI=1S/C21H27N3OS/c1-16-6-11-20(25-2)19(14-16)23-21(26)22-18-9-7-17(8-10-18)15-24-12-4-3-5-13-24/h6-11,14H,3-5,12-13,15H2,1-2H3,(H2,22,23,26). The number of benzene rings is 2. The van der Waals surface area contributed by atoms with Crippen molar-refractivity contribution in [1.29, 1.82) is 0 Å². The molecular weight excluding hydrogens is 342 g/mol. The van der Waals surface area contributed by atoms with Crippen LogP contribution in [-0.2, 0) is 6.54 Å². The minimum absolute atomic E-state index is 0.553. The Morgan fingerprint density at radius 3 is 2.46 bits per heavy atom. The van der Waals surface area contributed by atoms with E-state index in [9.17, 15) is 0 Å². The highest BCUT2D eigenvalue weighted by Crippen LogP contribution is 2.25. The van der Waals surface area contributed by atoms with Gasteiger partial charge in [-0.1, -0.05) is 24.6 Å². The molecule has 0 bridgehead atoms. The number of nitrogens with one attached hydrogen (secondary N) is 2. The summed E-state index contributed by atoms with van der Waals surface area (Å²) in [5.74, 6) is 0.775. The second kappa shape index (κ2) is 9.01. The lowest BCUT2D eigenvalue weighted by molar-refractivity contribution is 0.221. The van der Waals surface area contributed by atoms with E-state index in [2.05, 4.69) is 39.8 Å². The molecule has 5 heteroatoms. The first-order valence-electron chi connectivity index (χ1n) is 9.18. The predicted octanol–water partition coefficient (Wildman–Crippen LogP) is 4.80. The highest BCUT2D eigenvalue weighted by molar-refractivity contribution is 7.80. The molecule has 0 amide bonds. The third-order valence-electron chi connectivity index (χ3n) is 4.67. The predicted molar refractivity (Wildman–Crippen MR) is 113 cm³/mol. The fraction of sp³-hybridized carbons (Fsp3) is 0.381. The normalized spacial score (nSPS) is 14.7. The quantitative estimate of drug-likeness (QED) is 0.741. The van der Waals surface area contributed by atoms with Crippen LogP contribution in [0.3, 0.4) is 0 Å². The summed E-state index contributed by atoms with van der Waals surface area (Å²) in [4.78, 5) is 2.53. The Kier molecular flexibility index (Phi) is 6.47. The van der Waals surface area contributed by atoms with Gasteiger partial charge in [0.25, 0.3) is 0 Å². The van der Waals surface area contributed by atoms with Gasteiger partial charge in [-0.15, -0.1) is 0 Å². The molecule has 1 aliphatic rings. The molecule has 138 valence electrons. The van der Waals surface area contributed by atoms with Crippen LogP contribution in [0.5, 0.6) is 5.75 Å². The van der Waals surface area contributed by atoms with Crippen molar-refractivity contribution >= 4 is 28.7 Å². The second-order valence-electron chi connectivity index (χ2n) is 6.82. The van der Waals surface area contributed by atoms with Gasteiger partial charge < -0.3 is 15.4 Å². The first-order valence-corrected chi connectivity index (χ1v) is 9.59. The molecule has 2 aromatic rings. The summed E-state index contributed by atoms with van der Waals surface area (Å²) in [6.07, 6.45) is 4.01. The average molecular weight is 370 g/mol. The first kappa shape index (κ1) is 18.7. The summed E-state index contributed by atoms with van der Waals surface area (Å²) in [5.41, 5.74) is 4.35. The molecule has 4 nitrogen and oxygen atoms in total. The zero-order valence-corrected chi connectivity index (χ0v) is 16.4. The van der Waals surface area contributed by atoms with Gasteiger partial charge in [0.2, 0.25) is 0 Å². The summed E-state index contributed by atoms with van der Waals surface area (Å²) in [5, 5.41) is 7.01. The Labute approximate surface area is 161 Å². The minimum atomic E-state index is 0.553. The van der Waals surface area contributed by atoms with E-state index >= 15 is 0 Å². The summed E-state index contributed by atoms with van der Waals surface area (Å²) >= 11 is 5.45. The van der Waals surface area contributed by atoms with Gasteiger partial charge >= 0.3 is 0 Å². The Hall–Kier alpha value is -2.11. The molecule has 26 heavy (non-hydrogen) atoms. The number of ether oxygens (including phenoxy) is 1. The van der Waals surface area contributed by atoms with Crippen molar-refractivity contribution < 1.29 is 4.74 Å². The monoisotopic (exact) mass is 369 g/mol. The van der Waals surface area contributed by atoms with Crippen LogP contribution >= 0.6 is 12.2 Å². The number of hydrogen-bond acceptors (Lipinski definition) is 3. The summed E-state index contributed by atoms with van der Waals surface area (Å²) < 4.78 is 5.38. The molecule has 0 saturated carbocycles. The van der Waals surface area contributed by atoms with E-state index in [0.29, 0.717) is 5.11 Å². The van der Waals surface area contributed by atoms with Crippen molar-refractivity contribution in [3.8, 4) is 5.75 Å². The van der Waals surface area contributed by atoms with Crippen molar-refractivity contribution in [2.45, 2.75) is 32.7 Å². The Balaban J connectivity index is 1.56. The maximum atomic E-state index is 5.45. The molecule has 0 atom stereocenters. The van der Waals surface area contributed by atoms with E-state index in [4.69, 9.17) is 17.0 Å². The van der Waals surface area contributed by atoms with Gasteiger partial charge in [0.05, 0.1) is 12.8 Å². The molecular formula is C21H27N3OS. The fourth-order valence-electron chi connectivity index (χ4n) is 3.27. The van der Waals surface area contributed by atoms with Crippen molar-refractivity contribution in [3.05, 3.63) is 53.6 Å². The summed E-state index contributed by atoms with van der Waals surface area (Å²) in [7, 11) is 1.66. The van der Waals surface area contributed by atoms with Crippen molar-refractivity contribution in [3.63, 3.8) is 0 Å². The topological polar surface area (TPSA) is 36.5 Å². The molecule has 1 fully saturated rings. The van der Waals surface area contributed by atoms with E-state index in [1.54, 1.807) is 7.11 Å². The maximum absolute atomic E-state index is 5.45. The third-order valence-corrected chi connectivity index (χ3v) is 4.87. The van der Waals surface area contributed by atoms with E-state index in [1.807, 2.05) is 25.1 Å². The molecule has 3 rings (SSSR count). The van der Waals surface area contributed by atoms with Crippen LogP contribution < -0.4 is 15.4 Å². The number of aryl methyl sites for hydroxylation is 1. The number of anilines is 2. The van der Waals surface area contributed by atoms with Crippen LogP contribution in [0.4, 0.5) is 11.4 Å². The number of piperidine rings is 1. The van der Waals surface area contributed by atoms with Crippen molar-refractivity contribution in [2.75, 3.05) is 30.8 Å². The Morgan fingerprint density at radius 1 is 1.04 bits per heavy atom. The summed E-state index contributed by atoms with van der Waals surface area (Å²) in [6.45, 7) is 5.50. The van der Waals surface area contributed by atoms with E-state index in [1.165, 1.54) is 37.9 Å². The van der Waals surface area contributed by atoms with Crippen molar-refractivity contribution in [1.82, 2.24) is 4.90 Å². The average Bonchev–Trinajstić information content (AvgIpc) is 2.64. The minimum Gasteiger partial charge on any atom is -0.495 e. The zero-order valence-electron chi connectivity index (χ0n) is 15.5. The zero-order chi connectivity index (χ0) is 18.4. The SMILES string of the molecule is COc1ccc(C)cc1NC(=S)Nc1ccc(CN2CCCCC2)cc1. The second-order valence-corrected chi connectivity index (χ2v) is 7.22. The number of methoxy groups -OCH3 is 1. The van der Waals surface area contributed by atoms with Gasteiger partial charge in [0.15, 0.2) is 5.11 Å². The van der Waals surface area contributed by atoms with Crippen LogP contribution in [0.2, 0.25) is 0 Å². The maximum Gasteiger partial charge on any atom is 0.175 e. The van der Waals surface area contributed by atoms with Gasteiger partial charge in [0.1, 0.15) is 5.75 Å². The van der Waals surface area contributed by atoms with Crippen LogP contribution in [-0.4, -0.2) is 30.2 Å². The highest BCUT2D eigenvalue weighted by atomic mass is 32.1. The van der Waals surface area contributed by atoms with Gasteiger partial charge in [-0.3, -0.25) is 4.90 Å². The lowest BCUT2D eigenvalue weighted by Crippen LogP contribution is -2.29. The molecule has 2 N–H and O–H groups in total. The van der Waals surface area contributed by atoms with E-state index in [0.717, 1.165) is 29.2 Å². The Bertz CT molecular complexity index is 739. The molecule has 1 aliphatic heterocycles. The first-order chi connectivity index (χ1) is 12.6. The van der Waals surface area contributed by atoms with Crippen LogP contribution in [0.25, 0.3) is 0 Å². The van der Waals surface area contributed by atoms with Gasteiger partial charge in [0, 0.05) is 12.2 Å². The third kappa shape index (κ3) is 5.19. The number of nitrogens with zero attached hydrogens (tertiary/aromatic N) is 1. The van der Waals surface area contributed by atoms with Crippen molar-refractivity contribution in [2.24, 2.45) is 0 Å². The number of thiocarbonyl (C=S) groups is 1. The van der Waals surface area contributed by atoms with E-state index in [-0.39, 0.29) is 0 Å². The molecule has 0 unspecified atom stereocenters. The van der Waals surface area contributed by atoms with Crippen LogP contribution in [0, 0.1) is 6.92 Å². The molecule has 0 aliphatic carbocycles. The lowest BCUT2D eigenvalue weighted by atomic mass is 10.1. The summed E-state index contributed by atoms with van der Waals surface area (Å²) in [6, 6.07) is 14.5. The smallest absolute Gasteiger partial charge is 0.175 e. The van der Waals surface area contributed by atoms with Gasteiger partial charge in [-0.25, -0.2) is 0 Å². The Morgan fingerprint density at radius 2 is 1.77 bits per heavy atom. The fourth-order valence-corrected chi connectivity index (χ4v) is 3.50. The van der Waals surface area contributed by atoms with Crippen LogP contribution in [0.1, 0.15) is 30.4 Å². The van der Waals surface area contributed by atoms with Crippen LogP contribution in [0.15, 0.2) is 42.5 Å². The van der Waals surface area contributed by atoms with E-state index < -0.39 is 0 Å². The highest BCUT2D eigenvalue weighted by Gasteiger charge is 2.10. The molecule has 1 heterocycles. The lowest BCUT2D eigenvalue weighted by Gasteiger charge is -2.26. The number of likely N-dealkylation sites (tertiary alicyclic amines) is 1.